The first-order valence-corrected chi connectivity index (χ1v) is 9.89. The minimum Gasteiger partial charge on any atom is -0.494 e. The topological polar surface area (TPSA) is 34.5 Å². The molecular formula is C20H22N2O2S2. The molecule has 3 rings (SSSR count). The van der Waals surface area contributed by atoms with E-state index in [9.17, 15) is 4.79 Å². The van der Waals surface area contributed by atoms with E-state index in [0.29, 0.717) is 9.23 Å². The van der Waals surface area contributed by atoms with E-state index in [4.69, 9.17) is 17.0 Å². The fourth-order valence-corrected chi connectivity index (χ4v) is 4.00. The molecule has 0 saturated carbocycles. The fraction of sp³-hybridized carbons (Fsp3) is 0.300. The quantitative estimate of drug-likeness (QED) is 0.405. The van der Waals surface area contributed by atoms with Crippen LogP contribution in [0.1, 0.15) is 36.7 Å². The Morgan fingerprint density at radius 1 is 1.12 bits per heavy atom. The maximum atomic E-state index is 12.9. The van der Waals surface area contributed by atoms with Crippen molar-refractivity contribution in [1.82, 2.24) is 4.68 Å². The summed E-state index contributed by atoms with van der Waals surface area (Å²) >= 11 is 6.77. The highest BCUT2D eigenvalue weighted by Gasteiger charge is 2.34. The molecule has 2 aromatic rings. The molecule has 1 amide bonds. The van der Waals surface area contributed by atoms with Crippen LogP contribution in [0, 0.1) is 13.8 Å². The molecule has 1 aliphatic rings. The number of hydrogen-bond donors (Lipinski definition) is 0. The van der Waals surface area contributed by atoms with Gasteiger partial charge in [0.05, 0.1) is 11.5 Å². The summed E-state index contributed by atoms with van der Waals surface area (Å²) in [4.78, 5) is 13.5. The Bertz CT molecular complexity index is 834. The molecule has 1 aliphatic heterocycles. The van der Waals surface area contributed by atoms with Gasteiger partial charge in [0.15, 0.2) is 4.32 Å². The van der Waals surface area contributed by atoms with Crippen molar-refractivity contribution in [3.8, 4) is 5.75 Å². The molecule has 26 heavy (non-hydrogen) atoms. The number of aryl methyl sites for hydroxylation is 2. The second-order valence-corrected chi connectivity index (χ2v) is 7.87. The third-order valence-electron chi connectivity index (χ3n) is 4.15. The van der Waals surface area contributed by atoms with Crippen molar-refractivity contribution in [2.75, 3.05) is 11.6 Å². The summed E-state index contributed by atoms with van der Waals surface area (Å²) in [6.07, 6.45) is 4.03. The second-order valence-electron chi connectivity index (χ2n) is 6.19. The van der Waals surface area contributed by atoms with Crippen LogP contribution >= 0.6 is 24.0 Å². The number of thiocarbonyl (C=S) groups is 1. The van der Waals surface area contributed by atoms with Crippen molar-refractivity contribution in [3.63, 3.8) is 0 Å². The zero-order chi connectivity index (χ0) is 18.7. The number of thioether (sulfide) groups is 1. The van der Waals surface area contributed by atoms with E-state index < -0.39 is 0 Å². The molecule has 1 saturated heterocycles. The van der Waals surface area contributed by atoms with Crippen molar-refractivity contribution in [2.24, 2.45) is 0 Å². The predicted molar refractivity (Wildman–Crippen MR) is 112 cm³/mol. The summed E-state index contributed by atoms with van der Waals surface area (Å²) in [6.45, 7) is 6.79. The Labute approximate surface area is 163 Å². The monoisotopic (exact) mass is 386 g/mol. The molecule has 0 atom stereocenters. The summed E-state index contributed by atoms with van der Waals surface area (Å²) < 4.78 is 8.09. The first kappa shape index (κ1) is 18.7. The Morgan fingerprint density at radius 2 is 1.77 bits per heavy atom. The van der Waals surface area contributed by atoms with Gasteiger partial charge in [-0.25, -0.2) is 0 Å². The van der Waals surface area contributed by atoms with Crippen LogP contribution in [0.5, 0.6) is 5.75 Å². The maximum Gasteiger partial charge on any atom is 0.285 e. The number of benzene rings is 1. The highest BCUT2D eigenvalue weighted by Crippen LogP contribution is 2.33. The van der Waals surface area contributed by atoms with Crippen molar-refractivity contribution in [1.29, 1.82) is 0 Å². The first-order chi connectivity index (χ1) is 12.5. The van der Waals surface area contributed by atoms with Gasteiger partial charge in [-0.1, -0.05) is 37.2 Å². The van der Waals surface area contributed by atoms with Gasteiger partial charge in [-0.2, -0.15) is 5.01 Å². The van der Waals surface area contributed by atoms with Gasteiger partial charge in [-0.15, -0.1) is 0 Å². The standard InChI is InChI=1S/C20H22N2O2S2/c1-4-5-12-24-17-10-8-16(9-11-17)13-18-19(23)22(20(25)26-18)21-14(2)6-7-15(21)3/h6-11,13H,4-5,12H2,1-3H3/b18-13-. The molecule has 1 aromatic heterocycles. The minimum atomic E-state index is -0.0920. The zero-order valence-electron chi connectivity index (χ0n) is 15.2. The molecule has 4 nitrogen and oxygen atoms in total. The van der Waals surface area contributed by atoms with Crippen LogP contribution in [0.25, 0.3) is 6.08 Å². The Kier molecular flexibility index (Phi) is 5.84. The predicted octanol–water partition coefficient (Wildman–Crippen LogP) is 4.82. The smallest absolute Gasteiger partial charge is 0.285 e. The fourth-order valence-electron chi connectivity index (χ4n) is 2.75. The van der Waals surface area contributed by atoms with Crippen molar-refractivity contribution >= 4 is 40.3 Å². The molecular weight excluding hydrogens is 364 g/mol. The van der Waals surface area contributed by atoms with Gasteiger partial charge in [-0.05, 0) is 68.4 Å². The number of unbranched alkanes of at least 4 members (excludes halogenated alkanes) is 1. The van der Waals surface area contributed by atoms with E-state index >= 15 is 0 Å². The molecule has 1 aromatic carbocycles. The van der Waals surface area contributed by atoms with Gasteiger partial charge >= 0.3 is 0 Å². The summed E-state index contributed by atoms with van der Waals surface area (Å²) in [5, 5.41) is 1.57. The van der Waals surface area contributed by atoms with E-state index in [-0.39, 0.29) is 5.91 Å². The lowest BCUT2D eigenvalue weighted by atomic mass is 10.2. The molecule has 0 bridgehead atoms. The lowest BCUT2D eigenvalue weighted by Gasteiger charge is -2.20. The third kappa shape index (κ3) is 3.86. The van der Waals surface area contributed by atoms with E-state index in [1.54, 1.807) is 5.01 Å². The van der Waals surface area contributed by atoms with Crippen LogP contribution in [0.3, 0.4) is 0 Å². The van der Waals surface area contributed by atoms with Gasteiger partial charge < -0.3 is 4.74 Å². The second kappa shape index (κ2) is 8.10. The maximum absolute atomic E-state index is 12.9. The Balaban J connectivity index is 1.78. The average molecular weight is 387 g/mol. The summed E-state index contributed by atoms with van der Waals surface area (Å²) in [7, 11) is 0. The zero-order valence-corrected chi connectivity index (χ0v) is 16.8. The van der Waals surface area contributed by atoms with Crippen LogP contribution in [0.4, 0.5) is 0 Å². The van der Waals surface area contributed by atoms with Crippen LogP contribution in [0.15, 0.2) is 41.3 Å². The number of nitrogens with zero attached hydrogens (tertiary/aromatic N) is 2. The number of hydrogen-bond acceptors (Lipinski definition) is 4. The largest absolute Gasteiger partial charge is 0.494 e. The van der Waals surface area contributed by atoms with E-state index in [0.717, 1.165) is 42.1 Å². The van der Waals surface area contributed by atoms with Crippen molar-refractivity contribution in [2.45, 2.75) is 33.6 Å². The normalized spacial score (nSPS) is 16.0. The molecule has 0 radical (unpaired) electrons. The number of amides is 1. The van der Waals surface area contributed by atoms with Crippen molar-refractivity contribution in [3.05, 3.63) is 58.3 Å². The van der Waals surface area contributed by atoms with E-state index in [1.807, 2.05) is 61.0 Å². The lowest BCUT2D eigenvalue weighted by Crippen LogP contribution is -2.39. The van der Waals surface area contributed by atoms with Gasteiger partial charge in [-0.3, -0.25) is 9.47 Å². The minimum absolute atomic E-state index is 0.0920. The number of carbonyl (C=O) groups excluding carboxylic acids is 1. The van der Waals surface area contributed by atoms with Crippen LogP contribution < -0.4 is 9.75 Å². The van der Waals surface area contributed by atoms with Crippen molar-refractivity contribution < 1.29 is 9.53 Å². The Morgan fingerprint density at radius 3 is 2.38 bits per heavy atom. The Hall–Kier alpha value is -2.05. The van der Waals surface area contributed by atoms with Crippen LogP contribution in [0.2, 0.25) is 0 Å². The van der Waals surface area contributed by atoms with Crippen LogP contribution in [-0.4, -0.2) is 21.5 Å². The van der Waals surface area contributed by atoms with Gasteiger partial charge in [0, 0.05) is 11.4 Å². The summed E-state index contributed by atoms with van der Waals surface area (Å²) in [5.74, 6) is 0.757. The molecule has 0 unspecified atom stereocenters. The highest BCUT2D eigenvalue weighted by molar-refractivity contribution is 8.27. The van der Waals surface area contributed by atoms with Gasteiger partial charge in [0.1, 0.15) is 5.75 Å². The summed E-state index contributed by atoms with van der Waals surface area (Å²) in [5.41, 5.74) is 2.91. The number of carbonyl (C=O) groups is 1. The average Bonchev–Trinajstić information content (AvgIpc) is 3.08. The van der Waals surface area contributed by atoms with Crippen LogP contribution in [-0.2, 0) is 4.79 Å². The van der Waals surface area contributed by atoms with E-state index in [2.05, 4.69) is 6.92 Å². The number of ether oxygens (including phenoxy) is 1. The molecule has 1 fully saturated rings. The SMILES string of the molecule is CCCCOc1ccc(/C=C2\SC(=S)N(n3c(C)ccc3C)C2=O)cc1. The summed E-state index contributed by atoms with van der Waals surface area (Å²) in [6, 6.07) is 11.7. The molecule has 0 N–H and O–H groups in total. The number of aromatic nitrogens is 1. The van der Waals surface area contributed by atoms with Gasteiger partial charge in [0.2, 0.25) is 0 Å². The third-order valence-corrected chi connectivity index (χ3v) is 5.43. The first-order valence-electron chi connectivity index (χ1n) is 8.67. The molecule has 2 heterocycles. The highest BCUT2D eigenvalue weighted by atomic mass is 32.2. The number of rotatable bonds is 6. The lowest BCUT2D eigenvalue weighted by molar-refractivity contribution is -0.114. The van der Waals surface area contributed by atoms with E-state index in [1.165, 1.54) is 11.8 Å². The molecule has 6 heteroatoms. The molecule has 0 aliphatic carbocycles. The molecule has 136 valence electrons. The van der Waals surface area contributed by atoms with Gasteiger partial charge in [0.25, 0.3) is 5.91 Å². The molecule has 0 spiro atoms.